The molecule has 0 spiro atoms. The molecular formula is C22H21FN2O3. The van der Waals surface area contributed by atoms with E-state index in [1.807, 2.05) is 0 Å². The second-order valence-corrected chi connectivity index (χ2v) is 7.29. The first-order chi connectivity index (χ1) is 13.6. The minimum Gasteiger partial charge on any atom is -0.507 e. The maximum absolute atomic E-state index is 13.3. The highest BCUT2D eigenvalue weighted by atomic mass is 19.1. The van der Waals surface area contributed by atoms with Crippen LogP contribution in [0.15, 0.2) is 54.4 Å². The summed E-state index contributed by atoms with van der Waals surface area (Å²) in [6.07, 6.45) is 8.03. The van der Waals surface area contributed by atoms with Crippen molar-refractivity contribution in [2.75, 3.05) is 0 Å². The Morgan fingerprint density at radius 2 is 1.64 bits per heavy atom. The van der Waals surface area contributed by atoms with Crippen LogP contribution in [-0.4, -0.2) is 32.7 Å². The third-order valence-corrected chi connectivity index (χ3v) is 5.59. The minimum absolute atomic E-state index is 0.0399. The predicted molar refractivity (Wildman–Crippen MR) is 102 cm³/mol. The molecule has 4 rings (SSSR count). The van der Waals surface area contributed by atoms with Crippen LogP contribution >= 0.6 is 0 Å². The quantitative estimate of drug-likeness (QED) is 0.497. The summed E-state index contributed by atoms with van der Waals surface area (Å²) in [5.74, 6) is -2.00. The van der Waals surface area contributed by atoms with Crippen LogP contribution in [0.3, 0.4) is 0 Å². The minimum atomic E-state index is -0.700. The Kier molecular flexibility index (Phi) is 4.94. The summed E-state index contributed by atoms with van der Waals surface area (Å²) in [4.78, 5) is 31.5. The van der Waals surface area contributed by atoms with Crippen molar-refractivity contribution < 1.29 is 19.1 Å². The van der Waals surface area contributed by atoms with Gasteiger partial charge >= 0.3 is 0 Å². The number of carbonyl (C=O) groups is 2. The smallest absolute Gasteiger partial charge is 0.295 e. The number of aromatic nitrogens is 1. The molecule has 1 amide bonds. The van der Waals surface area contributed by atoms with Crippen molar-refractivity contribution in [3.05, 3.63) is 71.3 Å². The second-order valence-electron chi connectivity index (χ2n) is 7.29. The van der Waals surface area contributed by atoms with Crippen molar-refractivity contribution in [3.8, 4) is 0 Å². The van der Waals surface area contributed by atoms with Gasteiger partial charge in [-0.3, -0.25) is 14.6 Å². The van der Waals surface area contributed by atoms with Crippen molar-refractivity contribution >= 4 is 17.4 Å². The van der Waals surface area contributed by atoms with Gasteiger partial charge in [0.05, 0.1) is 11.6 Å². The van der Waals surface area contributed by atoms with Gasteiger partial charge in [-0.2, -0.15) is 0 Å². The summed E-state index contributed by atoms with van der Waals surface area (Å²) < 4.78 is 13.3. The highest BCUT2D eigenvalue weighted by Gasteiger charge is 2.48. The molecule has 1 aromatic heterocycles. The van der Waals surface area contributed by atoms with E-state index in [0.717, 1.165) is 37.7 Å². The van der Waals surface area contributed by atoms with E-state index in [1.165, 1.54) is 24.3 Å². The number of carbonyl (C=O) groups excluding carboxylic acids is 2. The average molecular weight is 380 g/mol. The number of nitrogens with zero attached hydrogens (tertiary/aromatic N) is 2. The molecule has 2 aromatic rings. The lowest BCUT2D eigenvalue weighted by Gasteiger charge is -2.35. The first-order valence-electron chi connectivity index (χ1n) is 9.54. The van der Waals surface area contributed by atoms with Gasteiger partial charge in [-0.05, 0) is 54.8 Å². The van der Waals surface area contributed by atoms with E-state index in [0.29, 0.717) is 5.56 Å². The molecule has 2 aliphatic rings. The Labute approximate surface area is 162 Å². The third kappa shape index (κ3) is 3.19. The number of pyridine rings is 1. The highest BCUT2D eigenvalue weighted by Crippen LogP contribution is 2.42. The molecule has 1 aliphatic carbocycles. The first-order valence-corrected chi connectivity index (χ1v) is 9.54. The second kappa shape index (κ2) is 7.54. The molecule has 0 radical (unpaired) electrons. The number of halogens is 1. The van der Waals surface area contributed by atoms with Crippen molar-refractivity contribution in [3.63, 3.8) is 0 Å². The number of amides is 1. The van der Waals surface area contributed by atoms with E-state index in [-0.39, 0.29) is 17.4 Å². The maximum Gasteiger partial charge on any atom is 0.295 e. The normalized spacial score (nSPS) is 22.6. The SMILES string of the molecule is O=C1C(=O)N(C2CCCCC2)C(c2ccncc2)/C1=C(/O)c1ccc(F)cc1. The number of ketones is 1. The molecule has 1 aromatic carbocycles. The van der Waals surface area contributed by atoms with Crippen molar-refractivity contribution in [2.45, 2.75) is 44.2 Å². The summed E-state index contributed by atoms with van der Waals surface area (Å²) in [5, 5.41) is 10.9. The van der Waals surface area contributed by atoms with Gasteiger partial charge in [0.1, 0.15) is 11.6 Å². The van der Waals surface area contributed by atoms with Gasteiger partial charge in [-0.15, -0.1) is 0 Å². The van der Waals surface area contributed by atoms with Crippen LogP contribution in [0.2, 0.25) is 0 Å². The van der Waals surface area contributed by atoms with Crippen LogP contribution in [0.4, 0.5) is 4.39 Å². The molecule has 1 aliphatic heterocycles. The molecule has 5 nitrogen and oxygen atoms in total. The third-order valence-electron chi connectivity index (χ3n) is 5.59. The molecule has 2 fully saturated rings. The molecule has 1 unspecified atom stereocenters. The molecule has 2 heterocycles. The zero-order valence-corrected chi connectivity index (χ0v) is 15.3. The van der Waals surface area contributed by atoms with Gasteiger partial charge < -0.3 is 10.0 Å². The Morgan fingerprint density at radius 3 is 2.29 bits per heavy atom. The molecule has 1 atom stereocenters. The largest absolute Gasteiger partial charge is 0.507 e. The number of aliphatic hydroxyl groups is 1. The van der Waals surface area contributed by atoms with Gasteiger partial charge in [-0.1, -0.05) is 19.3 Å². The van der Waals surface area contributed by atoms with Gasteiger partial charge in [0.25, 0.3) is 11.7 Å². The summed E-state index contributed by atoms with van der Waals surface area (Å²) >= 11 is 0. The molecule has 6 heteroatoms. The zero-order valence-electron chi connectivity index (χ0n) is 15.3. The van der Waals surface area contributed by atoms with E-state index in [2.05, 4.69) is 4.98 Å². The maximum atomic E-state index is 13.3. The number of aliphatic hydroxyl groups excluding tert-OH is 1. The summed E-state index contributed by atoms with van der Waals surface area (Å²) in [6, 6.07) is 8.04. The summed E-state index contributed by atoms with van der Waals surface area (Å²) in [6.45, 7) is 0. The number of likely N-dealkylation sites (tertiary alicyclic amines) is 1. The van der Waals surface area contributed by atoms with Crippen LogP contribution < -0.4 is 0 Å². The van der Waals surface area contributed by atoms with Gasteiger partial charge in [-0.25, -0.2) is 4.39 Å². The Morgan fingerprint density at radius 1 is 1.00 bits per heavy atom. The topological polar surface area (TPSA) is 70.5 Å². The van der Waals surface area contributed by atoms with Crippen LogP contribution in [0.1, 0.15) is 49.3 Å². The fourth-order valence-electron chi connectivity index (χ4n) is 4.22. The van der Waals surface area contributed by atoms with E-state index >= 15 is 0 Å². The highest BCUT2D eigenvalue weighted by molar-refractivity contribution is 6.46. The van der Waals surface area contributed by atoms with Crippen LogP contribution in [-0.2, 0) is 9.59 Å². The lowest BCUT2D eigenvalue weighted by Crippen LogP contribution is -2.40. The van der Waals surface area contributed by atoms with Gasteiger partial charge in [0, 0.05) is 24.0 Å². The fraction of sp³-hybridized carbons (Fsp3) is 0.318. The number of benzene rings is 1. The molecular weight excluding hydrogens is 359 g/mol. The van der Waals surface area contributed by atoms with E-state index in [9.17, 15) is 19.1 Å². The number of rotatable bonds is 3. The van der Waals surface area contributed by atoms with Crippen LogP contribution in [0, 0.1) is 5.82 Å². The first kappa shape index (κ1) is 18.3. The lowest BCUT2D eigenvalue weighted by atomic mass is 9.91. The molecule has 1 saturated carbocycles. The number of Topliss-reactive ketones (excluding diaryl/α,β-unsaturated/α-hetero) is 1. The van der Waals surface area contributed by atoms with Gasteiger partial charge in [0.15, 0.2) is 0 Å². The zero-order chi connectivity index (χ0) is 19.7. The standard InChI is InChI=1S/C22H21FN2O3/c23-16-8-6-15(7-9-16)20(26)18-19(14-10-12-24-13-11-14)25(22(28)21(18)27)17-4-2-1-3-5-17/h6-13,17,19,26H,1-5H2/b20-18-. The molecule has 0 bridgehead atoms. The Bertz CT molecular complexity index is 919. The monoisotopic (exact) mass is 380 g/mol. The van der Waals surface area contributed by atoms with E-state index < -0.39 is 23.5 Å². The Hall–Kier alpha value is -3.02. The van der Waals surface area contributed by atoms with Gasteiger partial charge in [0.2, 0.25) is 0 Å². The van der Waals surface area contributed by atoms with Crippen molar-refractivity contribution in [2.24, 2.45) is 0 Å². The number of hydrogen-bond donors (Lipinski definition) is 1. The summed E-state index contributed by atoms with van der Waals surface area (Å²) in [7, 11) is 0. The van der Waals surface area contributed by atoms with Crippen LogP contribution in [0.25, 0.3) is 5.76 Å². The predicted octanol–water partition coefficient (Wildman–Crippen LogP) is 3.98. The van der Waals surface area contributed by atoms with Crippen molar-refractivity contribution in [1.29, 1.82) is 0 Å². The van der Waals surface area contributed by atoms with Crippen molar-refractivity contribution in [1.82, 2.24) is 9.88 Å². The average Bonchev–Trinajstić information content (AvgIpc) is 3.00. The summed E-state index contributed by atoms with van der Waals surface area (Å²) in [5.41, 5.74) is 1.08. The van der Waals surface area contributed by atoms with Crippen LogP contribution in [0.5, 0.6) is 0 Å². The number of hydrogen-bond acceptors (Lipinski definition) is 4. The fourth-order valence-corrected chi connectivity index (χ4v) is 4.22. The lowest BCUT2D eigenvalue weighted by molar-refractivity contribution is -0.141. The Balaban J connectivity index is 1.85. The molecule has 28 heavy (non-hydrogen) atoms. The van der Waals surface area contributed by atoms with E-state index in [1.54, 1.807) is 29.4 Å². The van der Waals surface area contributed by atoms with E-state index in [4.69, 9.17) is 0 Å². The molecule has 1 N–H and O–H groups in total. The molecule has 1 saturated heterocycles. The molecule has 144 valence electrons.